The van der Waals surface area contributed by atoms with Crippen LogP contribution in [0.1, 0.15) is 24.0 Å². The van der Waals surface area contributed by atoms with E-state index >= 15 is 0 Å². The van der Waals surface area contributed by atoms with Crippen molar-refractivity contribution in [1.29, 1.82) is 0 Å². The van der Waals surface area contributed by atoms with Gasteiger partial charge in [-0.2, -0.15) is 11.8 Å². The van der Waals surface area contributed by atoms with Gasteiger partial charge in [0.1, 0.15) is 18.5 Å². The average molecular weight is 309 g/mol. The van der Waals surface area contributed by atoms with Gasteiger partial charge in [-0.05, 0) is 61.8 Å². The summed E-state index contributed by atoms with van der Waals surface area (Å²) in [7, 11) is 0. The van der Waals surface area contributed by atoms with Crippen molar-refractivity contribution >= 4 is 11.8 Å². The molecule has 21 heavy (non-hydrogen) atoms. The quantitative estimate of drug-likeness (QED) is 0.813. The summed E-state index contributed by atoms with van der Waals surface area (Å²) < 4.78 is 5.78. The zero-order valence-corrected chi connectivity index (χ0v) is 13.9. The summed E-state index contributed by atoms with van der Waals surface area (Å²) in [6, 6.07) is 6.10. The molecule has 1 unspecified atom stereocenters. The molecule has 0 spiro atoms. The molecule has 0 radical (unpaired) electrons. The van der Waals surface area contributed by atoms with E-state index in [0.29, 0.717) is 13.2 Å². The van der Waals surface area contributed by atoms with Gasteiger partial charge in [0.25, 0.3) is 0 Å². The van der Waals surface area contributed by atoms with Crippen molar-refractivity contribution in [2.24, 2.45) is 5.92 Å². The van der Waals surface area contributed by atoms with E-state index < -0.39 is 6.10 Å². The van der Waals surface area contributed by atoms with Crippen LogP contribution in [0.2, 0.25) is 0 Å². The molecule has 1 aliphatic rings. The zero-order chi connectivity index (χ0) is 15.1. The van der Waals surface area contributed by atoms with Gasteiger partial charge in [0.2, 0.25) is 0 Å². The number of aryl methyl sites for hydroxylation is 2. The maximum atomic E-state index is 10.0. The van der Waals surface area contributed by atoms with E-state index in [2.05, 4.69) is 5.32 Å². The van der Waals surface area contributed by atoms with Gasteiger partial charge in [0, 0.05) is 6.54 Å². The van der Waals surface area contributed by atoms with E-state index in [0.717, 1.165) is 29.3 Å². The smallest absolute Gasteiger partial charge is 0.125 e. The molecule has 1 saturated heterocycles. The van der Waals surface area contributed by atoms with Crippen molar-refractivity contribution in [3.8, 4) is 5.75 Å². The minimum absolute atomic E-state index is 0.346. The predicted octanol–water partition coefficient (Wildman–Crippen LogP) is 2.78. The molecule has 2 rings (SSSR count). The van der Waals surface area contributed by atoms with Gasteiger partial charge in [-0.3, -0.25) is 0 Å². The normalized spacial score (nSPS) is 17.7. The number of ether oxygens (including phenoxy) is 1. The second-order valence-electron chi connectivity index (χ2n) is 5.90. The first-order valence-corrected chi connectivity index (χ1v) is 8.98. The SMILES string of the molecule is Cc1cccc(C)c1OCC(O)CNCC1CCSCC1. The van der Waals surface area contributed by atoms with Crippen LogP contribution in [-0.2, 0) is 0 Å². The summed E-state index contributed by atoms with van der Waals surface area (Å²) in [6.07, 6.45) is 2.14. The molecule has 0 bridgehead atoms. The monoisotopic (exact) mass is 309 g/mol. The van der Waals surface area contributed by atoms with Crippen molar-refractivity contribution < 1.29 is 9.84 Å². The molecule has 2 N–H and O–H groups in total. The Kier molecular flexibility index (Phi) is 6.87. The van der Waals surface area contributed by atoms with E-state index in [-0.39, 0.29) is 0 Å². The predicted molar refractivity (Wildman–Crippen MR) is 90.3 cm³/mol. The van der Waals surface area contributed by atoms with Gasteiger partial charge in [0.15, 0.2) is 0 Å². The molecule has 3 nitrogen and oxygen atoms in total. The van der Waals surface area contributed by atoms with Crippen LogP contribution in [0.3, 0.4) is 0 Å². The van der Waals surface area contributed by atoms with E-state index in [1.165, 1.54) is 24.3 Å². The Morgan fingerprint density at radius 3 is 2.62 bits per heavy atom. The van der Waals surface area contributed by atoms with Gasteiger partial charge in [-0.1, -0.05) is 18.2 Å². The number of aliphatic hydroxyl groups excluding tert-OH is 1. The van der Waals surface area contributed by atoms with Crippen molar-refractivity contribution in [3.63, 3.8) is 0 Å². The van der Waals surface area contributed by atoms with Gasteiger partial charge in [-0.25, -0.2) is 0 Å². The maximum absolute atomic E-state index is 10.0. The van der Waals surface area contributed by atoms with Crippen LogP contribution < -0.4 is 10.1 Å². The van der Waals surface area contributed by atoms with Crippen LogP contribution >= 0.6 is 11.8 Å². The fourth-order valence-electron chi connectivity index (χ4n) is 2.67. The van der Waals surface area contributed by atoms with Crippen LogP contribution in [0.4, 0.5) is 0 Å². The third-order valence-electron chi connectivity index (χ3n) is 3.98. The first-order chi connectivity index (χ1) is 10.2. The summed E-state index contributed by atoms with van der Waals surface area (Å²) in [5, 5.41) is 13.4. The minimum Gasteiger partial charge on any atom is -0.490 e. The molecule has 1 heterocycles. The fourth-order valence-corrected chi connectivity index (χ4v) is 3.87. The fraction of sp³-hybridized carbons (Fsp3) is 0.647. The van der Waals surface area contributed by atoms with E-state index in [1.54, 1.807) is 0 Å². The molecule has 0 amide bonds. The number of hydrogen-bond acceptors (Lipinski definition) is 4. The van der Waals surface area contributed by atoms with Gasteiger partial charge < -0.3 is 15.2 Å². The highest BCUT2D eigenvalue weighted by Gasteiger charge is 2.14. The third-order valence-corrected chi connectivity index (χ3v) is 5.03. The number of aliphatic hydroxyl groups is 1. The standard InChI is InChI=1S/C17H27NO2S/c1-13-4-3-5-14(2)17(13)20-12-16(19)11-18-10-15-6-8-21-9-7-15/h3-5,15-16,18-19H,6-12H2,1-2H3. The Morgan fingerprint density at radius 1 is 1.29 bits per heavy atom. The van der Waals surface area contributed by atoms with Crippen molar-refractivity contribution in [2.45, 2.75) is 32.8 Å². The van der Waals surface area contributed by atoms with Crippen LogP contribution in [0.25, 0.3) is 0 Å². The Bertz CT molecular complexity index is 413. The lowest BCUT2D eigenvalue weighted by atomic mass is 10.0. The molecular weight excluding hydrogens is 282 g/mol. The maximum Gasteiger partial charge on any atom is 0.125 e. The highest BCUT2D eigenvalue weighted by atomic mass is 32.2. The van der Waals surface area contributed by atoms with Gasteiger partial charge in [0.05, 0.1) is 0 Å². The number of thioether (sulfide) groups is 1. The second kappa shape index (κ2) is 8.66. The topological polar surface area (TPSA) is 41.5 Å². The van der Waals surface area contributed by atoms with Gasteiger partial charge in [-0.15, -0.1) is 0 Å². The van der Waals surface area contributed by atoms with Crippen molar-refractivity contribution in [3.05, 3.63) is 29.3 Å². The summed E-state index contributed by atoms with van der Waals surface area (Å²) in [4.78, 5) is 0. The molecule has 1 aromatic rings. The summed E-state index contributed by atoms with van der Waals surface area (Å²) in [5.41, 5.74) is 2.24. The van der Waals surface area contributed by atoms with Crippen LogP contribution in [0.15, 0.2) is 18.2 Å². The summed E-state index contributed by atoms with van der Waals surface area (Å²) in [6.45, 7) is 6.04. The number of hydrogen-bond donors (Lipinski definition) is 2. The second-order valence-corrected chi connectivity index (χ2v) is 7.12. The molecule has 0 aromatic heterocycles. The van der Waals surface area contributed by atoms with Crippen LogP contribution in [-0.4, -0.2) is 42.4 Å². The largest absolute Gasteiger partial charge is 0.490 e. The Hall–Kier alpha value is -0.710. The molecule has 1 atom stereocenters. The third kappa shape index (κ3) is 5.53. The lowest BCUT2D eigenvalue weighted by Gasteiger charge is -2.22. The Labute approximate surface area is 132 Å². The first-order valence-electron chi connectivity index (χ1n) is 7.82. The molecule has 118 valence electrons. The lowest BCUT2D eigenvalue weighted by Crippen LogP contribution is -2.35. The van der Waals surface area contributed by atoms with Crippen LogP contribution in [0, 0.1) is 19.8 Å². The number of rotatable bonds is 7. The molecule has 0 aliphatic carbocycles. The van der Waals surface area contributed by atoms with Gasteiger partial charge >= 0.3 is 0 Å². The van der Waals surface area contributed by atoms with Crippen LogP contribution in [0.5, 0.6) is 5.75 Å². The molecule has 0 saturated carbocycles. The summed E-state index contributed by atoms with van der Waals surface area (Å²) in [5.74, 6) is 4.24. The first kappa shape index (κ1) is 16.7. The number of benzene rings is 1. The lowest BCUT2D eigenvalue weighted by molar-refractivity contribution is 0.104. The van der Waals surface area contributed by atoms with E-state index in [4.69, 9.17) is 4.74 Å². The van der Waals surface area contributed by atoms with E-state index in [9.17, 15) is 5.11 Å². The number of nitrogens with one attached hydrogen (secondary N) is 1. The molecule has 1 fully saturated rings. The highest BCUT2D eigenvalue weighted by molar-refractivity contribution is 7.99. The number of para-hydroxylation sites is 1. The molecule has 4 heteroatoms. The van der Waals surface area contributed by atoms with Crippen molar-refractivity contribution in [1.82, 2.24) is 5.32 Å². The Balaban J connectivity index is 1.66. The molecule has 1 aliphatic heterocycles. The van der Waals surface area contributed by atoms with Crippen molar-refractivity contribution in [2.75, 3.05) is 31.2 Å². The molecule has 1 aromatic carbocycles. The average Bonchev–Trinajstić information content (AvgIpc) is 2.48. The Morgan fingerprint density at radius 2 is 1.95 bits per heavy atom. The molecular formula is C17H27NO2S. The summed E-state index contributed by atoms with van der Waals surface area (Å²) >= 11 is 2.05. The zero-order valence-electron chi connectivity index (χ0n) is 13.1. The van der Waals surface area contributed by atoms with E-state index in [1.807, 2.05) is 43.8 Å². The minimum atomic E-state index is -0.457. The highest BCUT2D eigenvalue weighted by Crippen LogP contribution is 2.23.